The van der Waals surface area contributed by atoms with Crippen molar-refractivity contribution >= 4 is 34.6 Å². The Hall–Kier alpha value is -2.83. The van der Waals surface area contributed by atoms with Crippen LogP contribution >= 0.6 is 0 Å². The molecule has 5 rings (SSSR count). The zero-order chi connectivity index (χ0) is 28.4. The number of carbonyl (C=O) groups is 1. The highest BCUT2D eigenvalue weighted by molar-refractivity contribution is 7.91. The van der Waals surface area contributed by atoms with Gasteiger partial charge in [0, 0.05) is 81.6 Å². The van der Waals surface area contributed by atoms with Gasteiger partial charge in [0.2, 0.25) is 16.8 Å². The molecule has 2 saturated heterocycles. The maximum absolute atomic E-state index is 13.0. The summed E-state index contributed by atoms with van der Waals surface area (Å²) in [4.78, 5) is 28.2. The zero-order valence-electron chi connectivity index (χ0n) is 24.0. The number of hydrogen-bond donors (Lipinski definition) is 4. The normalized spacial score (nSPS) is 23.6. The van der Waals surface area contributed by atoms with Crippen molar-refractivity contribution in [3.05, 3.63) is 29.2 Å². The number of fused-ring (bicyclic) bond motifs is 1. The Labute approximate surface area is 239 Å². The van der Waals surface area contributed by atoms with Gasteiger partial charge in [-0.15, -0.1) is 0 Å². The minimum Gasteiger partial charge on any atom is -0.611 e. The number of aromatic nitrogens is 2. The van der Waals surface area contributed by atoms with E-state index in [1.54, 1.807) is 20.2 Å². The van der Waals surface area contributed by atoms with E-state index < -0.39 is 11.2 Å². The largest absolute Gasteiger partial charge is 0.611 e. The molecule has 4 N–H and O–H groups in total. The van der Waals surface area contributed by atoms with Crippen LogP contribution in [0.15, 0.2) is 28.4 Å². The lowest BCUT2D eigenvalue weighted by Gasteiger charge is -2.42. The maximum Gasteiger partial charge on any atom is 0.248 e. The van der Waals surface area contributed by atoms with Crippen LogP contribution in [0.2, 0.25) is 0 Å². The SMILES string of the molecule is CN/C=C(\C(C)=N)C(C)NC(=O)/C(C)=C/N1CCN(c2nc3c(c(NC4CCOCC4)n2)[S+]([O-])CC3)CC12CC2. The Balaban J connectivity index is 1.28. The van der Waals surface area contributed by atoms with Crippen molar-refractivity contribution in [3.8, 4) is 0 Å². The molecule has 3 aliphatic heterocycles. The molecule has 3 fully saturated rings. The molecule has 2 atom stereocenters. The Bertz CT molecular complexity index is 1190. The summed E-state index contributed by atoms with van der Waals surface area (Å²) in [7, 11) is 1.79. The molecule has 1 aromatic heterocycles. The molecule has 1 aliphatic carbocycles. The number of anilines is 2. The van der Waals surface area contributed by atoms with Gasteiger partial charge in [0.1, 0.15) is 11.4 Å². The molecule has 218 valence electrons. The van der Waals surface area contributed by atoms with E-state index >= 15 is 0 Å². The predicted octanol–water partition coefficient (Wildman–Crippen LogP) is 1.94. The second kappa shape index (κ2) is 12.0. The number of hydrogen-bond acceptors (Lipinski definition) is 10. The fraction of sp³-hybridized carbons (Fsp3) is 0.643. The number of piperazine rings is 1. The summed E-state index contributed by atoms with van der Waals surface area (Å²) in [6.45, 7) is 9.21. The molecule has 40 heavy (non-hydrogen) atoms. The van der Waals surface area contributed by atoms with Gasteiger partial charge in [0.15, 0.2) is 5.82 Å². The molecular formula is C28H42N8O3S. The van der Waals surface area contributed by atoms with Gasteiger partial charge in [-0.2, -0.15) is 4.98 Å². The number of rotatable bonds is 9. The summed E-state index contributed by atoms with van der Waals surface area (Å²) >= 11 is -1.07. The third kappa shape index (κ3) is 6.08. The van der Waals surface area contributed by atoms with Crippen LogP contribution in [0.3, 0.4) is 0 Å². The lowest BCUT2D eigenvalue weighted by Crippen LogP contribution is -2.53. The van der Waals surface area contributed by atoms with Gasteiger partial charge in [-0.25, -0.2) is 4.98 Å². The summed E-state index contributed by atoms with van der Waals surface area (Å²) in [6.07, 6.45) is 8.39. The maximum atomic E-state index is 13.0. The molecule has 0 bridgehead atoms. The fourth-order valence-electron chi connectivity index (χ4n) is 5.81. The molecule has 0 aromatic carbocycles. The quantitative estimate of drug-likeness (QED) is 0.199. The number of aryl methyl sites for hydroxylation is 1. The number of ether oxygens (including phenoxy) is 1. The third-order valence-corrected chi connectivity index (χ3v) is 9.77. The standard InChI is InChI=1S/C28H42N8O3S/c1-18(26(37)31-20(3)22(15-30-4)19(2)29)16-36-11-10-35(17-28(36)8-9-28)27-33-23-7-14-40(38)24(23)25(34-27)32-21-5-12-39-13-6-21/h15-16,20-21,29-30H,5-14,17H2,1-4H3,(H,31,37)(H,32,33,34)/b18-16+,22-15+,29-19?. The summed E-state index contributed by atoms with van der Waals surface area (Å²) < 4.78 is 18.3. The number of nitrogens with one attached hydrogen (secondary N) is 4. The molecule has 1 amide bonds. The van der Waals surface area contributed by atoms with E-state index in [0.717, 1.165) is 80.5 Å². The number of nitrogens with zero attached hydrogens (tertiary/aromatic N) is 4. The van der Waals surface area contributed by atoms with Gasteiger partial charge in [-0.3, -0.25) is 4.79 Å². The summed E-state index contributed by atoms with van der Waals surface area (Å²) in [5.74, 6) is 1.90. The minimum absolute atomic E-state index is 0.0341. The van der Waals surface area contributed by atoms with E-state index in [2.05, 4.69) is 25.8 Å². The molecule has 12 heteroatoms. The summed E-state index contributed by atoms with van der Waals surface area (Å²) in [6, 6.07) is -0.0118. The van der Waals surface area contributed by atoms with Gasteiger partial charge in [0.25, 0.3) is 0 Å². The lowest BCUT2D eigenvalue weighted by molar-refractivity contribution is -0.117. The molecular weight excluding hydrogens is 528 g/mol. The van der Waals surface area contributed by atoms with Gasteiger partial charge in [-0.05, 0) is 57.6 Å². The van der Waals surface area contributed by atoms with Crippen molar-refractivity contribution in [1.82, 2.24) is 25.5 Å². The average Bonchev–Trinajstić information content (AvgIpc) is 3.60. The molecule has 2 unspecified atom stereocenters. The number of carbonyl (C=O) groups excluding carboxylic acids is 1. The van der Waals surface area contributed by atoms with E-state index in [1.165, 1.54) is 0 Å². The first kappa shape index (κ1) is 28.7. The number of amides is 1. The lowest BCUT2D eigenvalue weighted by atomic mass is 10.1. The van der Waals surface area contributed by atoms with Gasteiger partial charge < -0.3 is 40.4 Å². The molecule has 1 aromatic rings. The first-order chi connectivity index (χ1) is 19.2. The van der Waals surface area contributed by atoms with Crippen molar-refractivity contribution in [3.63, 3.8) is 0 Å². The van der Waals surface area contributed by atoms with E-state index in [9.17, 15) is 9.35 Å². The first-order valence-electron chi connectivity index (χ1n) is 14.3. The monoisotopic (exact) mass is 570 g/mol. The first-order valence-corrected chi connectivity index (χ1v) is 15.6. The third-order valence-electron chi connectivity index (χ3n) is 8.31. The van der Waals surface area contributed by atoms with Crippen molar-refractivity contribution in [2.24, 2.45) is 0 Å². The highest BCUT2D eigenvalue weighted by Gasteiger charge is 2.51. The van der Waals surface area contributed by atoms with Crippen molar-refractivity contribution < 1.29 is 14.1 Å². The highest BCUT2D eigenvalue weighted by Crippen LogP contribution is 2.45. The van der Waals surface area contributed by atoms with Crippen LogP contribution in [-0.4, -0.2) is 94.3 Å². The van der Waals surface area contributed by atoms with Gasteiger partial charge >= 0.3 is 0 Å². The van der Waals surface area contributed by atoms with Crippen LogP contribution < -0.4 is 20.9 Å². The van der Waals surface area contributed by atoms with Crippen LogP contribution in [0.1, 0.15) is 52.1 Å². The van der Waals surface area contributed by atoms with Crippen LogP contribution in [0, 0.1) is 5.41 Å². The predicted molar refractivity (Wildman–Crippen MR) is 157 cm³/mol. The highest BCUT2D eigenvalue weighted by atomic mass is 32.2. The van der Waals surface area contributed by atoms with Crippen LogP contribution in [0.5, 0.6) is 0 Å². The fourth-order valence-corrected chi connectivity index (χ4v) is 7.12. The smallest absolute Gasteiger partial charge is 0.248 e. The summed E-state index contributed by atoms with van der Waals surface area (Å²) in [5.41, 5.74) is 2.69. The molecule has 4 aliphatic rings. The Kier molecular flexibility index (Phi) is 8.58. The second-order valence-electron chi connectivity index (χ2n) is 11.3. The van der Waals surface area contributed by atoms with Crippen molar-refractivity contribution in [1.29, 1.82) is 5.41 Å². The Morgan fingerprint density at radius 3 is 2.67 bits per heavy atom. The van der Waals surface area contributed by atoms with Gasteiger partial charge in [0.05, 0.1) is 11.6 Å². The van der Waals surface area contributed by atoms with Crippen molar-refractivity contribution in [2.75, 3.05) is 55.9 Å². The Morgan fingerprint density at radius 2 is 2.00 bits per heavy atom. The Morgan fingerprint density at radius 1 is 1.25 bits per heavy atom. The molecule has 4 heterocycles. The van der Waals surface area contributed by atoms with E-state index in [4.69, 9.17) is 20.1 Å². The summed E-state index contributed by atoms with van der Waals surface area (Å²) in [5, 5.41) is 17.6. The van der Waals surface area contributed by atoms with Crippen molar-refractivity contribution in [2.45, 2.75) is 75.4 Å². The van der Waals surface area contributed by atoms with Gasteiger partial charge in [-0.1, -0.05) is 0 Å². The second-order valence-corrected chi connectivity index (χ2v) is 12.8. The van der Waals surface area contributed by atoms with Crippen LogP contribution in [0.4, 0.5) is 11.8 Å². The van der Waals surface area contributed by atoms with Crippen LogP contribution in [-0.2, 0) is 27.1 Å². The molecule has 11 nitrogen and oxygen atoms in total. The molecule has 1 spiro atoms. The topological polar surface area (TPSA) is 142 Å². The van der Waals surface area contributed by atoms with E-state index in [-0.39, 0.29) is 23.5 Å². The van der Waals surface area contributed by atoms with E-state index in [1.807, 2.05) is 20.0 Å². The van der Waals surface area contributed by atoms with Crippen LogP contribution in [0.25, 0.3) is 0 Å². The molecule has 1 saturated carbocycles. The molecule has 0 radical (unpaired) electrons. The minimum atomic E-state index is -1.07. The average molecular weight is 571 g/mol. The zero-order valence-corrected chi connectivity index (χ0v) is 24.8. The van der Waals surface area contributed by atoms with E-state index in [0.29, 0.717) is 29.4 Å².